The maximum Gasteiger partial charge on any atom is 0.329 e. The summed E-state index contributed by atoms with van der Waals surface area (Å²) in [4.78, 5) is 37.0. The average molecular weight is 351 g/mol. The van der Waals surface area contributed by atoms with Gasteiger partial charge in [-0.25, -0.2) is 9.59 Å². The number of urea groups is 1. The minimum absolute atomic E-state index is 0.281. The van der Waals surface area contributed by atoms with E-state index in [0.29, 0.717) is 18.7 Å². The second kappa shape index (κ2) is 8.58. The fraction of sp³-hybridized carbons (Fsp3) is 0.438. The fourth-order valence-corrected chi connectivity index (χ4v) is 3.04. The molecular formula is C16H21N3O4S. The quantitative estimate of drug-likeness (QED) is 0.711. The summed E-state index contributed by atoms with van der Waals surface area (Å²) in [5, 5.41) is 2.35. The first-order chi connectivity index (χ1) is 11.5. The summed E-state index contributed by atoms with van der Waals surface area (Å²) in [7, 11) is 0. The summed E-state index contributed by atoms with van der Waals surface area (Å²) in [6.45, 7) is 0.217. The molecule has 8 heteroatoms. The van der Waals surface area contributed by atoms with Gasteiger partial charge in [0.25, 0.3) is 5.91 Å². The Hall–Kier alpha value is -2.22. The van der Waals surface area contributed by atoms with Gasteiger partial charge in [0.2, 0.25) is 0 Å². The first kappa shape index (κ1) is 18.1. The van der Waals surface area contributed by atoms with Crippen molar-refractivity contribution >= 4 is 35.4 Å². The molecule has 0 saturated carbocycles. The number of benzene rings is 1. The number of esters is 1. The molecule has 2 rings (SSSR count). The molecule has 1 aliphatic rings. The number of hydrogen-bond acceptors (Lipinski definition) is 5. The smallest absolute Gasteiger partial charge is 0.329 e. The van der Waals surface area contributed by atoms with E-state index in [1.165, 1.54) is 11.8 Å². The molecule has 0 bridgehead atoms. The van der Waals surface area contributed by atoms with Crippen molar-refractivity contribution in [3.05, 3.63) is 29.8 Å². The molecule has 3 N–H and O–H groups in total. The topological polar surface area (TPSA) is 102 Å². The zero-order valence-electron chi connectivity index (χ0n) is 13.5. The lowest BCUT2D eigenvalue weighted by atomic mass is 10.2. The van der Waals surface area contributed by atoms with Crippen LogP contribution in [0.4, 0.5) is 10.5 Å². The standard InChI is InChI=1S/C16H21N3O4S/c1-24-9-7-12(18-16(17)22)15(21)23-10-14(20)19-8-6-11-4-2-3-5-13(11)19/h2-5,12H,6-10H2,1H3,(H3,17,18,22)/t12-/m1/s1. The van der Waals surface area contributed by atoms with E-state index < -0.39 is 18.0 Å². The van der Waals surface area contributed by atoms with E-state index in [1.807, 2.05) is 30.5 Å². The molecule has 7 nitrogen and oxygen atoms in total. The van der Waals surface area contributed by atoms with E-state index in [1.54, 1.807) is 4.90 Å². The molecule has 130 valence electrons. The molecule has 1 aliphatic heterocycles. The van der Waals surface area contributed by atoms with Crippen LogP contribution in [0.5, 0.6) is 0 Å². The highest BCUT2D eigenvalue weighted by Crippen LogP contribution is 2.27. The predicted molar refractivity (Wildman–Crippen MR) is 93.0 cm³/mol. The summed E-state index contributed by atoms with van der Waals surface area (Å²) in [6, 6.07) is 6.01. The minimum Gasteiger partial charge on any atom is -0.454 e. The first-order valence-electron chi connectivity index (χ1n) is 7.62. The number of primary amides is 1. The number of hydrogen-bond donors (Lipinski definition) is 2. The van der Waals surface area contributed by atoms with Gasteiger partial charge >= 0.3 is 12.0 Å². The van der Waals surface area contributed by atoms with Gasteiger partial charge in [-0.1, -0.05) is 18.2 Å². The molecule has 1 heterocycles. The highest BCUT2D eigenvalue weighted by molar-refractivity contribution is 7.98. The van der Waals surface area contributed by atoms with E-state index in [0.717, 1.165) is 17.7 Å². The van der Waals surface area contributed by atoms with Crippen molar-refractivity contribution in [2.75, 3.05) is 30.1 Å². The molecule has 0 saturated heterocycles. The van der Waals surface area contributed by atoms with E-state index in [2.05, 4.69) is 5.32 Å². The molecule has 1 atom stereocenters. The third-order valence-corrected chi connectivity index (χ3v) is 4.38. The Morgan fingerprint density at radius 1 is 1.38 bits per heavy atom. The van der Waals surface area contributed by atoms with Crippen molar-refractivity contribution in [2.24, 2.45) is 5.73 Å². The van der Waals surface area contributed by atoms with Crippen molar-refractivity contribution in [2.45, 2.75) is 18.9 Å². The Kier molecular flexibility index (Phi) is 6.48. The number of para-hydroxylation sites is 1. The van der Waals surface area contributed by atoms with Gasteiger partial charge in [0.1, 0.15) is 6.04 Å². The van der Waals surface area contributed by atoms with Crippen LogP contribution in [0.3, 0.4) is 0 Å². The van der Waals surface area contributed by atoms with Crippen LogP contribution < -0.4 is 16.0 Å². The molecule has 0 aromatic heterocycles. The lowest BCUT2D eigenvalue weighted by Gasteiger charge is -2.19. The summed E-state index contributed by atoms with van der Waals surface area (Å²) >= 11 is 1.54. The number of nitrogens with two attached hydrogens (primary N) is 1. The number of fused-ring (bicyclic) bond motifs is 1. The number of carbonyl (C=O) groups excluding carboxylic acids is 3. The highest BCUT2D eigenvalue weighted by Gasteiger charge is 2.27. The Morgan fingerprint density at radius 2 is 2.12 bits per heavy atom. The molecule has 0 spiro atoms. The van der Waals surface area contributed by atoms with Crippen LogP contribution in [0.15, 0.2) is 24.3 Å². The van der Waals surface area contributed by atoms with Crippen LogP contribution in [0, 0.1) is 0 Å². The molecule has 0 unspecified atom stereocenters. The highest BCUT2D eigenvalue weighted by atomic mass is 32.2. The zero-order chi connectivity index (χ0) is 17.5. The predicted octanol–water partition coefficient (Wildman–Crippen LogP) is 0.909. The number of thioether (sulfide) groups is 1. The maximum absolute atomic E-state index is 12.3. The van der Waals surface area contributed by atoms with Crippen LogP contribution >= 0.6 is 11.8 Å². The third-order valence-electron chi connectivity index (χ3n) is 3.74. The number of rotatable bonds is 7. The number of carbonyl (C=O) groups is 3. The largest absolute Gasteiger partial charge is 0.454 e. The van der Waals surface area contributed by atoms with Crippen LogP contribution in [-0.4, -0.2) is 49.1 Å². The van der Waals surface area contributed by atoms with Gasteiger partial charge < -0.3 is 20.7 Å². The number of nitrogens with zero attached hydrogens (tertiary/aromatic N) is 1. The number of anilines is 1. The van der Waals surface area contributed by atoms with Gasteiger partial charge in [-0.15, -0.1) is 0 Å². The maximum atomic E-state index is 12.3. The Morgan fingerprint density at radius 3 is 2.83 bits per heavy atom. The molecule has 0 radical (unpaired) electrons. The Bertz CT molecular complexity index is 623. The molecule has 1 aromatic rings. The van der Waals surface area contributed by atoms with Crippen molar-refractivity contribution < 1.29 is 19.1 Å². The number of amides is 3. The molecule has 24 heavy (non-hydrogen) atoms. The summed E-state index contributed by atoms with van der Waals surface area (Å²) in [5.74, 6) is -0.271. The lowest BCUT2D eigenvalue weighted by Crippen LogP contribution is -2.45. The van der Waals surface area contributed by atoms with Crippen LogP contribution in [-0.2, 0) is 20.7 Å². The fourth-order valence-electron chi connectivity index (χ4n) is 2.57. The normalized spacial score (nSPS) is 14.0. The molecule has 3 amide bonds. The van der Waals surface area contributed by atoms with Crippen molar-refractivity contribution in [3.63, 3.8) is 0 Å². The average Bonchev–Trinajstić information content (AvgIpc) is 3.00. The zero-order valence-corrected chi connectivity index (χ0v) is 14.3. The number of ether oxygens (including phenoxy) is 1. The van der Waals surface area contributed by atoms with Gasteiger partial charge in [-0.2, -0.15) is 11.8 Å². The van der Waals surface area contributed by atoms with Gasteiger partial charge in [0.05, 0.1) is 0 Å². The molecule has 0 fully saturated rings. The first-order valence-corrected chi connectivity index (χ1v) is 9.02. The monoisotopic (exact) mass is 351 g/mol. The minimum atomic E-state index is -0.839. The lowest BCUT2D eigenvalue weighted by molar-refractivity contribution is -0.149. The molecule has 1 aromatic carbocycles. The van der Waals surface area contributed by atoms with Crippen molar-refractivity contribution in [3.8, 4) is 0 Å². The Labute approximate surface area is 144 Å². The van der Waals surface area contributed by atoms with Crippen LogP contribution in [0.25, 0.3) is 0 Å². The summed E-state index contributed by atoms with van der Waals surface area (Å²) < 4.78 is 5.08. The van der Waals surface area contributed by atoms with Gasteiger partial charge in [0, 0.05) is 12.2 Å². The second-order valence-electron chi connectivity index (χ2n) is 5.37. The summed E-state index contributed by atoms with van der Waals surface area (Å²) in [5.41, 5.74) is 7.03. The van der Waals surface area contributed by atoms with Gasteiger partial charge in [0.15, 0.2) is 6.61 Å². The van der Waals surface area contributed by atoms with E-state index >= 15 is 0 Å². The van der Waals surface area contributed by atoms with E-state index in [-0.39, 0.29) is 12.5 Å². The SMILES string of the molecule is CSCC[C@@H](NC(N)=O)C(=O)OCC(=O)N1CCc2ccccc21. The van der Waals surface area contributed by atoms with Crippen molar-refractivity contribution in [1.29, 1.82) is 0 Å². The summed E-state index contributed by atoms with van der Waals surface area (Å²) in [6.07, 6.45) is 3.07. The van der Waals surface area contributed by atoms with E-state index in [4.69, 9.17) is 10.5 Å². The third kappa shape index (κ3) is 4.64. The van der Waals surface area contributed by atoms with Crippen molar-refractivity contribution in [1.82, 2.24) is 5.32 Å². The molecule has 0 aliphatic carbocycles. The second-order valence-corrected chi connectivity index (χ2v) is 6.36. The number of nitrogens with one attached hydrogen (secondary N) is 1. The van der Waals surface area contributed by atoms with E-state index in [9.17, 15) is 14.4 Å². The van der Waals surface area contributed by atoms with Crippen LogP contribution in [0.2, 0.25) is 0 Å². The molecular weight excluding hydrogens is 330 g/mol. The van der Waals surface area contributed by atoms with Gasteiger partial charge in [-0.05, 0) is 36.5 Å². The van der Waals surface area contributed by atoms with Gasteiger partial charge in [-0.3, -0.25) is 4.79 Å². The van der Waals surface area contributed by atoms with Crippen LogP contribution in [0.1, 0.15) is 12.0 Å². The Balaban J connectivity index is 1.90.